The third-order valence-electron chi connectivity index (χ3n) is 3.24. The van der Waals surface area contributed by atoms with Gasteiger partial charge in [0.1, 0.15) is 5.75 Å². The lowest BCUT2D eigenvalue weighted by molar-refractivity contribution is 0.0921. The van der Waals surface area contributed by atoms with E-state index in [4.69, 9.17) is 16.3 Å². The van der Waals surface area contributed by atoms with Crippen LogP contribution in [-0.2, 0) is 7.05 Å². The Morgan fingerprint density at radius 1 is 1.32 bits per heavy atom. The molecule has 0 amide bonds. The number of carbonyl (C=O) groups is 1. The zero-order valence-corrected chi connectivity index (χ0v) is 12.0. The van der Waals surface area contributed by atoms with Crippen molar-refractivity contribution in [3.8, 4) is 5.75 Å². The summed E-state index contributed by atoms with van der Waals surface area (Å²) in [6.45, 7) is 3.92. The Bertz CT molecular complexity index is 617. The lowest BCUT2D eigenvalue weighted by atomic mass is 10.1. The Labute approximate surface area is 117 Å². The van der Waals surface area contributed by atoms with Crippen LogP contribution in [-0.4, -0.2) is 17.0 Å². The molecule has 0 saturated heterocycles. The smallest absolute Gasteiger partial charge is 0.202 e. The summed E-state index contributed by atoms with van der Waals surface area (Å²) in [6.07, 6.45) is 0. The molecule has 0 radical (unpaired) electrons. The minimum atomic E-state index is -0.0267. The molecule has 0 saturated carbocycles. The fourth-order valence-corrected chi connectivity index (χ4v) is 2.10. The molecule has 100 valence electrons. The molecule has 1 aromatic heterocycles. The van der Waals surface area contributed by atoms with Gasteiger partial charge in [0.2, 0.25) is 5.78 Å². The highest BCUT2D eigenvalue weighted by molar-refractivity contribution is 6.30. The number of Topliss-reactive ketones (excluding diaryl/α,β-unsaturated/α-hetero) is 1. The van der Waals surface area contributed by atoms with Crippen molar-refractivity contribution < 1.29 is 9.53 Å². The minimum Gasteiger partial charge on any atom is -0.485 e. The quantitative estimate of drug-likeness (QED) is 0.800. The van der Waals surface area contributed by atoms with Gasteiger partial charge in [0.05, 0.1) is 0 Å². The zero-order valence-electron chi connectivity index (χ0n) is 11.2. The minimum absolute atomic E-state index is 0.0185. The van der Waals surface area contributed by atoms with E-state index in [1.807, 2.05) is 31.5 Å². The largest absolute Gasteiger partial charge is 0.485 e. The first kappa shape index (κ1) is 13.7. The molecule has 0 unspecified atom stereocenters. The van der Waals surface area contributed by atoms with Crippen molar-refractivity contribution in [3.05, 3.63) is 52.3 Å². The van der Waals surface area contributed by atoms with Crippen LogP contribution in [0.15, 0.2) is 30.3 Å². The van der Waals surface area contributed by atoms with E-state index in [0.717, 1.165) is 11.4 Å². The molecule has 0 aliphatic rings. The van der Waals surface area contributed by atoms with E-state index < -0.39 is 0 Å². The SMILES string of the molecule is Cc1cc(C(=O)COc2cccc(Cl)c2)c(C)n1C. The predicted octanol–water partition coefficient (Wildman–Crippen LogP) is 3.56. The van der Waals surface area contributed by atoms with E-state index in [2.05, 4.69) is 0 Å². The van der Waals surface area contributed by atoms with Crippen LogP contribution in [0.4, 0.5) is 0 Å². The number of carbonyl (C=O) groups excluding carboxylic acids is 1. The average Bonchev–Trinajstić information content (AvgIpc) is 2.64. The zero-order chi connectivity index (χ0) is 14.0. The summed E-state index contributed by atoms with van der Waals surface area (Å²) < 4.78 is 7.46. The molecule has 19 heavy (non-hydrogen) atoms. The molecule has 0 fully saturated rings. The summed E-state index contributed by atoms with van der Waals surface area (Å²) in [7, 11) is 1.94. The molecule has 0 aliphatic carbocycles. The third-order valence-corrected chi connectivity index (χ3v) is 3.48. The maximum atomic E-state index is 12.1. The number of ether oxygens (including phenoxy) is 1. The number of halogens is 1. The first-order valence-electron chi connectivity index (χ1n) is 6.03. The molecule has 0 spiro atoms. The molecular weight excluding hydrogens is 262 g/mol. The molecule has 1 heterocycles. The van der Waals surface area contributed by atoms with Crippen molar-refractivity contribution in [1.29, 1.82) is 0 Å². The van der Waals surface area contributed by atoms with Gasteiger partial charge in [0.15, 0.2) is 6.61 Å². The van der Waals surface area contributed by atoms with Crippen LogP contribution >= 0.6 is 11.6 Å². The van der Waals surface area contributed by atoms with Crippen LogP contribution in [0.1, 0.15) is 21.7 Å². The van der Waals surface area contributed by atoms with Gasteiger partial charge in [-0.2, -0.15) is 0 Å². The molecule has 0 atom stereocenters. The van der Waals surface area contributed by atoms with Gasteiger partial charge in [0, 0.05) is 29.0 Å². The van der Waals surface area contributed by atoms with Crippen LogP contribution in [0.5, 0.6) is 5.75 Å². The summed E-state index contributed by atoms with van der Waals surface area (Å²) in [4.78, 5) is 12.1. The van der Waals surface area contributed by atoms with Crippen LogP contribution in [0.2, 0.25) is 5.02 Å². The number of ketones is 1. The lowest BCUT2D eigenvalue weighted by Gasteiger charge is -2.06. The summed E-state index contributed by atoms with van der Waals surface area (Å²) >= 11 is 5.86. The van der Waals surface area contributed by atoms with E-state index in [1.54, 1.807) is 24.3 Å². The van der Waals surface area contributed by atoms with Gasteiger partial charge in [-0.25, -0.2) is 0 Å². The number of benzene rings is 1. The Morgan fingerprint density at radius 2 is 2.05 bits per heavy atom. The van der Waals surface area contributed by atoms with Crippen LogP contribution in [0.25, 0.3) is 0 Å². The first-order chi connectivity index (χ1) is 8.99. The van der Waals surface area contributed by atoms with Gasteiger partial charge < -0.3 is 9.30 Å². The fraction of sp³-hybridized carbons (Fsp3) is 0.267. The Hall–Kier alpha value is -1.74. The monoisotopic (exact) mass is 277 g/mol. The van der Waals surface area contributed by atoms with Crippen LogP contribution in [0.3, 0.4) is 0 Å². The van der Waals surface area contributed by atoms with Gasteiger partial charge >= 0.3 is 0 Å². The highest BCUT2D eigenvalue weighted by atomic mass is 35.5. The van der Waals surface area contributed by atoms with Crippen molar-refractivity contribution in [3.63, 3.8) is 0 Å². The Kier molecular flexibility index (Phi) is 3.96. The van der Waals surface area contributed by atoms with Crippen molar-refractivity contribution in [1.82, 2.24) is 4.57 Å². The van der Waals surface area contributed by atoms with Crippen LogP contribution in [0, 0.1) is 13.8 Å². The highest BCUT2D eigenvalue weighted by Gasteiger charge is 2.14. The molecule has 4 heteroatoms. The number of hydrogen-bond acceptors (Lipinski definition) is 2. The molecule has 3 nitrogen and oxygen atoms in total. The first-order valence-corrected chi connectivity index (χ1v) is 6.41. The number of aryl methyl sites for hydroxylation is 1. The van der Waals surface area contributed by atoms with Crippen molar-refractivity contribution in [2.75, 3.05) is 6.61 Å². The summed E-state index contributed by atoms with van der Waals surface area (Å²) in [6, 6.07) is 8.92. The number of nitrogens with zero attached hydrogens (tertiary/aromatic N) is 1. The maximum absolute atomic E-state index is 12.1. The summed E-state index contributed by atoms with van der Waals surface area (Å²) in [5.74, 6) is 0.576. The molecule has 1 aromatic carbocycles. The molecule has 0 bridgehead atoms. The topological polar surface area (TPSA) is 31.2 Å². The molecule has 2 rings (SSSR count). The molecular formula is C15H16ClNO2. The fourth-order valence-electron chi connectivity index (χ4n) is 1.92. The van der Waals surface area contributed by atoms with Crippen molar-refractivity contribution >= 4 is 17.4 Å². The van der Waals surface area contributed by atoms with Gasteiger partial charge in [-0.3, -0.25) is 4.79 Å². The number of aromatic nitrogens is 1. The van der Waals surface area contributed by atoms with E-state index >= 15 is 0 Å². The second-order valence-corrected chi connectivity index (χ2v) is 4.95. The average molecular weight is 278 g/mol. The highest BCUT2D eigenvalue weighted by Crippen LogP contribution is 2.18. The predicted molar refractivity (Wildman–Crippen MR) is 76.2 cm³/mol. The lowest BCUT2D eigenvalue weighted by Crippen LogP contribution is -2.12. The second kappa shape index (κ2) is 5.49. The van der Waals surface area contributed by atoms with E-state index in [0.29, 0.717) is 16.3 Å². The Balaban J connectivity index is 2.07. The van der Waals surface area contributed by atoms with E-state index in [1.165, 1.54) is 0 Å². The van der Waals surface area contributed by atoms with E-state index in [-0.39, 0.29) is 12.4 Å². The molecule has 0 aliphatic heterocycles. The Morgan fingerprint density at radius 3 is 2.63 bits per heavy atom. The van der Waals surface area contributed by atoms with Gasteiger partial charge in [-0.15, -0.1) is 0 Å². The van der Waals surface area contributed by atoms with Crippen LogP contribution < -0.4 is 4.74 Å². The van der Waals surface area contributed by atoms with Gasteiger partial charge in [-0.1, -0.05) is 17.7 Å². The van der Waals surface area contributed by atoms with Gasteiger partial charge in [-0.05, 0) is 38.1 Å². The third kappa shape index (κ3) is 2.99. The normalized spacial score (nSPS) is 10.5. The molecule has 2 aromatic rings. The maximum Gasteiger partial charge on any atom is 0.202 e. The van der Waals surface area contributed by atoms with Gasteiger partial charge in [0.25, 0.3) is 0 Å². The van der Waals surface area contributed by atoms with Crippen molar-refractivity contribution in [2.45, 2.75) is 13.8 Å². The number of hydrogen-bond donors (Lipinski definition) is 0. The summed E-state index contributed by atoms with van der Waals surface area (Å²) in [5, 5.41) is 0.594. The standard InChI is InChI=1S/C15H16ClNO2/c1-10-7-14(11(2)17(10)3)15(18)9-19-13-6-4-5-12(16)8-13/h4-8H,9H2,1-3H3. The van der Waals surface area contributed by atoms with E-state index in [9.17, 15) is 4.79 Å². The second-order valence-electron chi connectivity index (χ2n) is 4.51. The molecule has 0 N–H and O–H groups in total. The van der Waals surface area contributed by atoms with Crippen molar-refractivity contribution in [2.24, 2.45) is 7.05 Å². The number of rotatable bonds is 4. The summed E-state index contributed by atoms with van der Waals surface area (Å²) in [5.41, 5.74) is 2.72.